The highest BCUT2D eigenvalue weighted by molar-refractivity contribution is 8.00. The lowest BCUT2D eigenvalue weighted by atomic mass is 10.1. The number of amides is 1. The van der Waals surface area contributed by atoms with E-state index in [1.165, 1.54) is 19.3 Å². The molecule has 0 unspecified atom stereocenters. The van der Waals surface area contributed by atoms with Gasteiger partial charge in [0.1, 0.15) is 0 Å². The van der Waals surface area contributed by atoms with Crippen molar-refractivity contribution < 1.29 is 4.79 Å². The minimum atomic E-state index is 0.270. The lowest BCUT2D eigenvalue weighted by Gasteiger charge is -2.24. The summed E-state index contributed by atoms with van der Waals surface area (Å²) < 4.78 is 0. The topological polar surface area (TPSA) is 46.3 Å². The second-order valence-corrected chi connectivity index (χ2v) is 6.50. The van der Waals surface area contributed by atoms with Gasteiger partial charge in [0.2, 0.25) is 5.91 Å². The van der Waals surface area contributed by atoms with Crippen LogP contribution in [-0.2, 0) is 4.79 Å². The van der Waals surface area contributed by atoms with Crippen molar-refractivity contribution in [3.8, 4) is 0 Å². The van der Waals surface area contributed by atoms with Gasteiger partial charge in [-0.05, 0) is 43.5 Å². The highest BCUT2D eigenvalue weighted by Gasteiger charge is 2.14. The Morgan fingerprint density at radius 2 is 1.85 bits per heavy atom. The van der Waals surface area contributed by atoms with Crippen molar-refractivity contribution in [2.24, 2.45) is 0 Å². The van der Waals surface area contributed by atoms with Crippen molar-refractivity contribution in [2.75, 3.05) is 24.6 Å². The van der Waals surface area contributed by atoms with E-state index in [0.717, 1.165) is 42.1 Å². The Balaban J connectivity index is 1.85. The predicted octanol–water partition coefficient (Wildman–Crippen LogP) is 3.46. The maximum atomic E-state index is 12.3. The molecule has 1 aromatic carbocycles. The van der Waals surface area contributed by atoms with E-state index in [0.29, 0.717) is 5.75 Å². The second-order valence-electron chi connectivity index (χ2n) is 5.46. The molecule has 0 aliphatic carbocycles. The van der Waals surface area contributed by atoms with Crippen LogP contribution < -0.4 is 5.73 Å². The van der Waals surface area contributed by atoms with Crippen molar-refractivity contribution in [1.82, 2.24) is 4.90 Å². The first-order valence-electron chi connectivity index (χ1n) is 7.43. The molecule has 0 spiro atoms. The highest BCUT2D eigenvalue weighted by Crippen LogP contribution is 2.23. The van der Waals surface area contributed by atoms with Crippen LogP contribution in [0.5, 0.6) is 0 Å². The molecule has 0 radical (unpaired) electrons. The van der Waals surface area contributed by atoms with Crippen LogP contribution >= 0.6 is 11.8 Å². The molecule has 1 amide bonds. The zero-order valence-corrected chi connectivity index (χ0v) is 13.0. The first-order valence-corrected chi connectivity index (χ1v) is 8.42. The molecule has 1 aromatic rings. The molecule has 0 bridgehead atoms. The molecule has 1 heterocycles. The number of carbonyl (C=O) groups is 1. The first kappa shape index (κ1) is 15.2. The number of thioether (sulfide) groups is 1. The van der Waals surface area contributed by atoms with Gasteiger partial charge in [0.05, 0.1) is 5.75 Å². The van der Waals surface area contributed by atoms with E-state index < -0.39 is 0 Å². The zero-order chi connectivity index (χ0) is 14.4. The van der Waals surface area contributed by atoms with Crippen molar-refractivity contribution in [2.45, 2.75) is 43.9 Å². The number of aryl methyl sites for hydroxylation is 1. The summed E-state index contributed by atoms with van der Waals surface area (Å²) in [6.07, 6.45) is 6.14. The predicted molar refractivity (Wildman–Crippen MR) is 86.0 cm³/mol. The van der Waals surface area contributed by atoms with Gasteiger partial charge in [-0.3, -0.25) is 4.79 Å². The molecule has 0 saturated carbocycles. The van der Waals surface area contributed by atoms with Crippen LogP contribution in [0, 0.1) is 6.92 Å². The summed E-state index contributed by atoms with van der Waals surface area (Å²) in [6, 6.07) is 5.97. The van der Waals surface area contributed by atoms with E-state index in [2.05, 4.69) is 6.07 Å². The molecule has 2 rings (SSSR count). The van der Waals surface area contributed by atoms with Crippen LogP contribution in [0.2, 0.25) is 0 Å². The summed E-state index contributed by atoms with van der Waals surface area (Å²) in [5.41, 5.74) is 7.70. The number of benzene rings is 1. The van der Waals surface area contributed by atoms with Crippen molar-refractivity contribution in [3.05, 3.63) is 23.8 Å². The van der Waals surface area contributed by atoms with Crippen LogP contribution in [0.3, 0.4) is 0 Å². The SMILES string of the molecule is Cc1cc(SCC(=O)N2CCCCCCC2)ccc1N. The maximum Gasteiger partial charge on any atom is 0.232 e. The number of rotatable bonds is 3. The van der Waals surface area contributed by atoms with E-state index in [4.69, 9.17) is 5.73 Å². The second kappa shape index (κ2) is 7.58. The Morgan fingerprint density at radius 3 is 2.50 bits per heavy atom. The lowest BCUT2D eigenvalue weighted by Crippen LogP contribution is -2.35. The third-order valence-electron chi connectivity index (χ3n) is 3.81. The van der Waals surface area contributed by atoms with Gasteiger partial charge in [0, 0.05) is 23.7 Å². The molecule has 2 N–H and O–H groups in total. The lowest BCUT2D eigenvalue weighted by molar-refractivity contribution is -0.128. The van der Waals surface area contributed by atoms with Crippen LogP contribution in [-0.4, -0.2) is 29.6 Å². The quantitative estimate of drug-likeness (QED) is 0.685. The van der Waals surface area contributed by atoms with E-state index in [-0.39, 0.29) is 5.91 Å². The molecule has 3 nitrogen and oxygen atoms in total. The monoisotopic (exact) mass is 292 g/mol. The van der Waals surface area contributed by atoms with Gasteiger partial charge in [-0.1, -0.05) is 19.3 Å². The van der Waals surface area contributed by atoms with Gasteiger partial charge in [-0.2, -0.15) is 0 Å². The summed E-state index contributed by atoms with van der Waals surface area (Å²) in [6.45, 7) is 3.86. The molecular formula is C16H24N2OS. The summed E-state index contributed by atoms with van der Waals surface area (Å²) in [5, 5.41) is 0. The number of likely N-dealkylation sites (tertiary alicyclic amines) is 1. The number of carbonyl (C=O) groups excluding carboxylic acids is 1. The minimum absolute atomic E-state index is 0.270. The fourth-order valence-electron chi connectivity index (χ4n) is 2.47. The molecule has 1 fully saturated rings. The first-order chi connectivity index (χ1) is 9.66. The maximum absolute atomic E-state index is 12.3. The molecule has 20 heavy (non-hydrogen) atoms. The van der Waals surface area contributed by atoms with Gasteiger partial charge in [0.25, 0.3) is 0 Å². The average molecular weight is 292 g/mol. The van der Waals surface area contributed by atoms with E-state index in [9.17, 15) is 4.79 Å². The van der Waals surface area contributed by atoms with Crippen molar-refractivity contribution >= 4 is 23.4 Å². The van der Waals surface area contributed by atoms with Gasteiger partial charge in [-0.15, -0.1) is 11.8 Å². The third-order valence-corrected chi connectivity index (χ3v) is 4.79. The van der Waals surface area contributed by atoms with Crippen LogP contribution in [0.1, 0.15) is 37.7 Å². The third kappa shape index (κ3) is 4.44. The van der Waals surface area contributed by atoms with Gasteiger partial charge < -0.3 is 10.6 Å². The van der Waals surface area contributed by atoms with Crippen LogP contribution in [0.15, 0.2) is 23.1 Å². The number of nitrogen functional groups attached to an aromatic ring is 1. The molecule has 0 atom stereocenters. The fourth-order valence-corrected chi connectivity index (χ4v) is 3.37. The Hall–Kier alpha value is -1.16. The number of hydrogen-bond acceptors (Lipinski definition) is 3. The number of anilines is 1. The van der Waals surface area contributed by atoms with E-state index in [1.807, 2.05) is 24.0 Å². The standard InChI is InChI=1S/C16H24N2OS/c1-13-11-14(7-8-15(13)17)20-12-16(19)18-9-5-3-2-4-6-10-18/h7-8,11H,2-6,9-10,12,17H2,1H3. The zero-order valence-electron chi connectivity index (χ0n) is 12.2. The van der Waals surface area contributed by atoms with Crippen molar-refractivity contribution in [1.29, 1.82) is 0 Å². The Morgan fingerprint density at radius 1 is 1.20 bits per heavy atom. The van der Waals surface area contributed by atoms with E-state index in [1.54, 1.807) is 11.8 Å². The normalized spacial score (nSPS) is 16.6. The number of nitrogens with zero attached hydrogens (tertiary/aromatic N) is 1. The average Bonchev–Trinajstić information content (AvgIpc) is 2.39. The van der Waals surface area contributed by atoms with Gasteiger partial charge in [0.15, 0.2) is 0 Å². The summed E-state index contributed by atoms with van der Waals surface area (Å²) in [7, 11) is 0. The molecule has 1 saturated heterocycles. The summed E-state index contributed by atoms with van der Waals surface area (Å²) >= 11 is 1.61. The molecule has 1 aliphatic heterocycles. The summed E-state index contributed by atoms with van der Waals surface area (Å²) in [4.78, 5) is 15.4. The van der Waals surface area contributed by atoms with Crippen LogP contribution in [0.4, 0.5) is 5.69 Å². The Bertz CT molecular complexity index is 454. The summed E-state index contributed by atoms with van der Waals surface area (Å²) in [5.74, 6) is 0.801. The van der Waals surface area contributed by atoms with E-state index >= 15 is 0 Å². The largest absolute Gasteiger partial charge is 0.399 e. The van der Waals surface area contributed by atoms with Crippen molar-refractivity contribution in [3.63, 3.8) is 0 Å². The Kier molecular flexibility index (Phi) is 5.77. The minimum Gasteiger partial charge on any atom is -0.399 e. The molecule has 0 aromatic heterocycles. The molecule has 4 heteroatoms. The Labute approximate surface area is 125 Å². The van der Waals surface area contributed by atoms with Crippen LogP contribution in [0.25, 0.3) is 0 Å². The molecule has 110 valence electrons. The highest BCUT2D eigenvalue weighted by atomic mass is 32.2. The fraction of sp³-hybridized carbons (Fsp3) is 0.562. The van der Waals surface area contributed by atoms with Gasteiger partial charge >= 0.3 is 0 Å². The molecular weight excluding hydrogens is 268 g/mol. The van der Waals surface area contributed by atoms with Gasteiger partial charge in [-0.25, -0.2) is 0 Å². The number of hydrogen-bond donors (Lipinski definition) is 1. The molecule has 1 aliphatic rings. The number of nitrogens with two attached hydrogens (primary N) is 1. The smallest absolute Gasteiger partial charge is 0.232 e.